The standard InChI is InChI=1S/C37H38N2/c38-28-32-16-24-36(25-17-32)34-20-12-30(13-21-34)10-8-6-4-2-1-3-5-7-9-11-31-14-22-35(23-15-31)37-26-18-33(29-39)19-27-37/h12-27H,1-11H2. The monoisotopic (exact) mass is 510 g/mol. The molecule has 0 atom stereocenters. The molecule has 0 bridgehead atoms. The number of nitriles is 2. The van der Waals surface area contributed by atoms with Gasteiger partial charge in [0.1, 0.15) is 0 Å². The van der Waals surface area contributed by atoms with Crippen LogP contribution < -0.4 is 0 Å². The molecule has 2 nitrogen and oxygen atoms in total. The molecule has 0 amide bonds. The second-order valence-corrected chi connectivity index (χ2v) is 10.5. The number of nitrogens with zero attached hydrogens (tertiary/aromatic N) is 2. The van der Waals surface area contributed by atoms with Crippen molar-refractivity contribution in [3.63, 3.8) is 0 Å². The number of benzene rings is 4. The Labute approximate surface area is 234 Å². The Kier molecular flexibility index (Phi) is 10.9. The Hall–Kier alpha value is -4.14. The van der Waals surface area contributed by atoms with Gasteiger partial charge in [-0.3, -0.25) is 0 Å². The highest BCUT2D eigenvalue weighted by Crippen LogP contribution is 2.22. The molecule has 0 N–H and O–H groups in total. The van der Waals surface area contributed by atoms with Crippen LogP contribution in [-0.4, -0.2) is 0 Å². The van der Waals surface area contributed by atoms with E-state index in [0.29, 0.717) is 11.1 Å². The average Bonchev–Trinajstić information content (AvgIpc) is 3.00. The SMILES string of the molecule is N#Cc1ccc(-c2ccc(CCCCCCCCCCCc3ccc(-c4ccc(C#N)cc4)cc3)cc2)cc1. The predicted molar refractivity (Wildman–Crippen MR) is 162 cm³/mol. The quantitative estimate of drug-likeness (QED) is 0.158. The fourth-order valence-electron chi connectivity index (χ4n) is 5.10. The van der Waals surface area contributed by atoms with Gasteiger partial charge in [0.05, 0.1) is 23.3 Å². The summed E-state index contributed by atoms with van der Waals surface area (Å²) in [5.74, 6) is 0. The lowest BCUT2D eigenvalue weighted by Gasteiger charge is -2.06. The van der Waals surface area contributed by atoms with E-state index in [1.165, 1.54) is 80.0 Å². The van der Waals surface area contributed by atoms with Crippen LogP contribution in [0.15, 0.2) is 97.1 Å². The maximum atomic E-state index is 8.95. The highest BCUT2D eigenvalue weighted by molar-refractivity contribution is 5.65. The average molecular weight is 511 g/mol. The van der Waals surface area contributed by atoms with E-state index in [9.17, 15) is 0 Å². The van der Waals surface area contributed by atoms with Crippen LogP contribution in [0.5, 0.6) is 0 Å². The molecule has 0 aromatic heterocycles. The molecule has 0 saturated heterocycles. The van der Waals surface area contributed by atoms with Crippen LogP contribution in [0.4, 0.5) is 0 Å². The molecule has 4 rings (SSSR count). The van der Waals surface area contributed by atoms with Gasteiger partial charge >= 0.3 is 0 Å². The predicted octanol–water partition coefficient (Wildman–Crippen LogP) is 10.1. The van der Waals surface area contributed by atoms with Gasteiger partial charge in [0, 0.05) is 0 Å². The zero-order valence-corrected chi connectivity index (χ0v) is 22.9. The summed E-state index contributed by atoms with van der Waals surface area (Å²) in [6.07, 6.45) is 14.2. The zero-order chi connectivity index (χ0) is 27.1. The van der Waals surface area contributed by atoms with Gasteiger partial charge in [0.15, 0.2) is 0 Å². The van der Waals surface area contributed by atoms with E-state index in [4.69, 9.17) is 10.5 Å². The Morgan fingerprint density at radius 1 is 0.333 bits per heavy atom. The lowest BCUT2D eigenvalue weighted by molar-refractivity contribution is 0.558. The van der Waals surface area contributed by atoms with Crippen molar-refractivity contribution >= 4 is 0 Å². The van der Waals surface area contributed by atoms with E-state index in [1.807, 2.05) is 48.5 Å². The van der Waals surface area contributed by atoms with Crippen molar-refractivity contribution in [1.29, 1.82) is 10.5 Å². The van der Waals surface area contributed by atoms with Crippen molar-refractivity contribution in [2.24, 2.45) is 0 Å². The third-order valence-electron chi connectivity index (χ3n) is 7.53. The van der Waals surface area contributed by atoms with Crippen LogP contribution in [0.2, 0.25) is 0 Å². The van der Waals surface area contributed by atoms with E-state index in [-0.39, 0.29) is 0 Å². The van der Waals surface area contributed by atoms with Crippen molar-refractivity contribution in [1.82, 2.24) is 0 Å². The summed E-state index contributed by atoms with van der Waals surface area (Å²) in [6.45, 7) is 0. The molecule has 196 valence electrons. The molecule has 0 fully saturated rings. The fraction of sp³-hybridized carbons (Fsp3) is 0.297. The minimum absolute atomic E-state index is 0.704. The lowest BCUT2D eigenvalue weighted by atomic mass is 9.99. The highest BCUT2D eigenvalue weighted by atomic mass is 14.2. The van der Waals surface area contributed by atoms with Gasteiger partial charge in [-0.25, -0.2) is 0 Å². The highest BCUT2D eigenvalue weighted by Gasteiger charge is 2.01. The summed E-state index contributed by atoms with van der Waals surface area (Å²) in [7, 11) is 0. The summed E-state index contributed by atoms with van der Waals surface area (Å²) < 4.78 is 0. The smallest absolute Gasteiger partial charge is 0.0991 e. The van der Waals surface area contributed by atoms with E-state index in [0.717, 1.165) is 24.0 Å². The number of aryl methyl sites for hydroxylation is 2. The van der Waals surface area contributed by atoms with Gasteiger partial charge in [-0.2, -0.15) is 10.5 Å². The molecule has 4 aromatic rings. The van der Waals surface area contributed by atoms with E-state index < -0.39 is 0 Å². The molecule has 0 radical (unpaired) electrons. The Morgan fingerprint density at radius 3 is 0.872 bits per heavy atom. The first-order chi connectivity index (χ1) is 19.2. The van der Waals surface area contributed by atoms with Gasteiger partial charge < -0.3 is 0 Å². The summed E-state index contributed by atoms with van der Waals surface area (Å²) in [5, 5.41) is 17.9. The topological polar surface area (TPSA) is 47.6 Å². The molecular formula is C37H38N2. The van der Waals surface area contributed by atoms with Gasteiger partial charge in [-0.1, -0.05) is 118 Å². The zero-order valence-electron chi connectivity index (χ0n) is 22.9. The van der Waals surface area contributed by atoms with Gasteiger partial charge in [-0.15, -0.1) is 0 Å². The minimum atomic E-state index is 0.704. The second kappa shape index (κ2) is 15.3. The van der Waals surface area contributed by atoms with Crippen molar-refractivity contribution in [2.45, 2.75) is 70.6 Å². The molecule has 0 aliphatic rings. The van der Waals surface area contributed by atoms with Crippen molar-refractivity contribution < 1.29 is 0 Å². The molecule has 0 spiro atoms. The first-order valence-electron chi connectivity index (χ1n) is 14.4. The maximum absolute atomic E-state index is 8.95. The van der Waals surface area contributed by atoms with Gasteiger partial charge in [-0.05, 0) is 83.3 Å². The molecule has 0 heterocycles. The molecule has 0 aliphatic heterocycles. The van der Waals surface area contributed by atoms with Crippen molar-refractivity contribution in [2.75, 3.05) is 0 Å². The Balaban J connectivity index is 1.01. The third-order valence-corrected chi connectivity index (χ3v) is 7.53. The summed E-state index contributed by atoms with van der Waals surface area (Å²) >= 11 is 0. The molecule has 0 unspecified atom stereocenters. The number of rotatable bonds is 14. The van der Waals surface area contributed by atoms with Gasteiger partial charge in [0.25, 0.3) is 0 Å². The van der Waals surface area contributed by atoms with E-state index >= 15 is 0 Å². The fourth-order valence-corrected chi connectivity index (χ4v) is 5.10. The summed E-state index contributed by atoms with van der Waals surface area (Å²) in [6, 6.07) is 37.7. The molecular weight excluding hydrogens is 472 g/mol. The van der Waals surface area contributed by atoms with E-state index in [2.05, 4.69) is 60.7 Å². The lowest BCUT2D eigenvalue weighted by Crippen LogP contribution is -1.88. The van der Waals surface area contributed by atoms with Crippen LogP contribution in [0.1, 0.15) is 80.0 Å². The number of unbranched alkanes of at least 4 members (excludes halogenated alkanes) is 8. The summed E-state index contributed by atoms with van der Waals surface area (Å²) in [5.41, 5.74) is 8.98. The molecule has 0 saturated carbocycles. The number of hydrogen-bond donors (Lipinski definition) is 0. The first-order valence-corrected chi connectivity index (χ1v) is 14.4. The molecule has 39 heavy (non-hydrogen) atoms. The van der Waals surface area contributed by atoms with Gasteiger partial charge in [0.2, 0.25) is 0 Å². The third kappa shape index (κ3) is 8.98. The Morgan fingerprint density at radius 2 is 0.590 bits per heavy atom. The molecule has 2 heteroatoms. The Bertz CT molecular complexity index is 1240. The number of hydrogen-bond acceptors (Lipinski definition) is 2. The van der Waals surface area contributed by atoms with Crippen LogP contribution in [0.25, 0.3) is 22.3 Å². The van der Waals surface area contributed by atoms with Crippen LogP contribution >= 0.6 is 0 Å². The summed E-state index contributed by atoms with van der Waals surface area (Å²) in [4.78, 5) is 0. The van der Waals surface area contributed by atoms with Crippen LogP contribution in [0.3, 0.4) is 0 Å². The second-order valence-electron chi connectivity index (χ2n) is 10.5. The first kappa shape index (κ1) is 27.9. The largest absolute Gasteiger partial charge is 0.192 e. The van der Waals surface area contributed by atoms with Crippen molar-refractivity contribution in [3.05, 3.63) is 119 Å². The van der Waals surface area contributed by atoms with Crippen LogP contribution in [-0.2, 0) is 12.8 Å². The van der Waals surface area contributed by atoms with E-state index in [1.54, 1.807) is 0 Å². The molecule has 0 aliphatic carbocycles. The molecule has 4 aromatic carbocycles. The minimum Gasteiger partial charge on any atom is -0.192 e. The maximum Gasteiger partial charge on any atom is 0.0991 e. The van der Waals surface area contributed by atoms with Crippen LogP contribution in [0, 0.1) is 22.7 Å². The normalized spacial score (nSPS) is 10.6. The van der Waals surface area contributed by atoms with Crippen molar-refractivity contribution in [3.8, 4) is 34.4 Å².